The van der Waals surface area contributed by atoms with Crippen LogP contribution in [0, 0.1) is 0 Å². The van der Waals surface area contributed by atoms with Crippen molar-refractivity contribution >= 4 is 5.97 Å². The molecule has 0 spiro atoms. The molecule has 5 nitrogen and oxygen atoms in total. The number of hydrogen-bond acceptors (Lipinski definition) is 5. The molecular weight excluding hydrogens is 208 g/mol. The fourth-order valence-corrected chi connectivity index (χ4v) is 1.62. The second-order valence-corrected chi connectivity index (χ2v) is 3.86. The van der Waals surface area contributed by atoms with Crippen molar-refractivity contribution in [3.8, 4) is 0 Å². The minimum atomic E-state index is -0.908. The maximum Gasteiger partial charge on any atom is 0.340 e. The van der Waals surface area contributed by atoms with Crippen LogP contribution in [0.5, 0.6) is 0 Å². The van der Waals surface area contributed by atoms with Crippen molar-refractivity contribution in [2.24, 2.45) is 5.90 Å². The van der Waals surface area contributed by atoms with E-state index in [0.717, 1.165) is 6.42 Å². The van der Waals surface area contributed by atoms with Crippen molar-refractivity contribution in [3.63, 3.8) is 0 Å². The fraction of sp³-hybridized carbons (Fsp3) is 0.455. The normalized spacial score (nSPS) is 17.6. The standard InChI is InChI=1S/C11H14N2O3/c12-16-11(5-3-6-11)10(14)15-8-9-4-1-2-7-13-9/h1-2,4,7H,3,5-6,8,12H2. The van der Waals surface area contributed by atoms with Gasteiger partial charge in [-0.1, -0.05) is 6.07 Å². The highest BCUT2D eigenvalue weighted by Gasteiger charge is 2.47. The molecule has 1 aliphatic rings. The van der Waals surface area contributed by atoms with E-state index < -0.39 is 11.6 Å². The molecule has 0 aliphatic heterocycles. The molecule has 1 aromatic rings. The predicted octanol–water partition coefficient (Wildman–Crippen LogP) is 0.938. The highest BCUT2D eigenvalue weighted by atomic mass is 16.7. The van der Waals surface area contributed by atoms with Crippen LogP contribution in [0.15, 0.2) is 24.4 Å². The Morgan fingerprint density at radius 1 is 1.50 bits per heavy atom. The summed E-state index contributed by atoms with van der Waals surface area (Å²) in [5, 5.41) is 0. The van der Waals surface area contributed by atoms with Crippen LogP contribution in [-0.2, 0) is 21.0 Å². The quantitative estimate of drug-likeness (QED) is 0.606. The van der Waals surface area contributed by atoms with Gasteiger partial charge in [0.05, 0.1) is 5.69 Å². The number of nitrogens with zero attached hydrogens (tertiary/aromatic N) is 1. The molecule has 0 radical (unpaired) electrons. The number of nitrogens with two attached hydrogens (primary N) is 1. The lowest BCUT2D eigenvalue weighted by atomic mass is 9.80. The molecular formula is C11H14N2O3. The number of carbonyl (C=O) groups excluding carboxylic acids is 1. The summed E-state index contributed by atoms with van der Waals surface area (Å²) in [6.45, 7) is 0.158. The number of ether oxygens (including phenoxy) is 1. The maximum atomic E-state index is 11.7. The third kappa shape index (κ3) is 2.05. The highest BCUT2D eigenvalue weighted by Crippen LogP contribution is 2.35. The van der Waals surface area contributed by atoms with Crippen LogP contribution < -0.4 is 5.90 Å². The van der Waals surface area contributed by atoms with E-state index in [0.29, 0.717) is 18.5 Å². The summed E-state index contributed by atoms with van der Waals surface area (Å²) >= 11 is 0. The molecule has 1 aromatic heterocycles. The van der Waals surface area contributed by atoms with Gasteiger partial charge in [-0.3, -0.25) is 9.82 Å². The van der Waals surface area contributed by atoms with Gasteiger partial charge < -0.3 is 4.74 Å². The van der Waals surface area contributed by atoms with E-state index in [2.05, 4.69) is 4.98 Å². The molecule has 1 aliphatic carbocycles. The summed E-state index contributed by atoms with van der Waals surface area (Å²) in [7, 11) is 0. The Morgan fingerprint density at radius 2 is 2.31 bits per heavy atom. The SMILES string of the molecule is NOC1(C(=O)OCc2ccccn2)CCC1. The van der Waals surface area contributed by atoms with Crippen molar-refractivity contribution in [1.29, 1.82) is 0 Å². The molecule has 0 amide bonds. The van der Waals surface area contributed by atoms with Gasteiger partial charge in [-0.25, -0.2) is 10.7 Å². The van der Waals surface area contributed by atoms with Gasteiger partial charge in [0.15, 0.2) is 5.60 Å². The van der Waals surface area contributed by atoms with Crippen molar-refractivity contribution in [2.45, 2.75) is 31.5 Å². The molecule has 1 heterocycles. The van der Waals surface area contributed by atoms with Gasteiger partial charge in [0, 0.05) is 6.20 Å². The van der Waals surface area contributed by atoms with E-state index in [-0.39, 0.29) is 6.61 Å². The Labute approximate surface area is 93.5 Å². The lowest BCUT2D eigenvalue weighted by Crippen LogP contribution is -2.50. The topological polar surface area (TPSA) is 74.4 Å². The third-order valence-electron chi connectivity index (χ3n) is 2.84. The molecule has 16 heavy (non-hydrogen) atoms. The Bertz CT molecular complexity index is 357. The number of esters is 1. The van der Waals surface area contributed by atoms with Crippen LogP contribution in [0.1, 0.15) is 25.0 Å². The molecule has 2 rings (SSSR count). The van der Waals surface area contributed by atoms with Crippen molar-refractivity contribution < 1.29 is 14.4 Å². The molecule has 0 aromatic carbocycles. The average molecular weight is 222 g/mol. The lowest BCUT2D eigenvalue weighted by Gasteiger charge is -2.36. The van der Waals surface area contributed by atoms with Gasteiger partial charge in [-0.15, -0.1) is 0 Å². The molecule has 1 saturated carbocycles. The summed E-state index contributed by atoms with van der Waals surface area (Å²) in [5.74, 6) is 4.73. The largest absolute Gasteiger partial charge is 0.457 e. The van der Waals surface area contributed by atoms with Gasteiger partial charge in [0.25, 0.3) is 0 Å². The van der Waals surface area contributed by atoms with Crippen LogP contribution in [0.25, 0.3) is 0 Å². The monoisotopic (exact) mass is 222 g/mol. The first-order valence-corrected chi connectivity index (χ1v) is 5.22. The van der Waals surface area contributed by atoms with Crippen molar-refractivity contribution in [1.82, 2.24) is 4.98 Å². The summed E-state index contributed by atoms with van der Waals surface area (Å²) < 4.78 is 5.12. The molecule has 0 bridgehead atoms. The van der Waals surface area contributed by atoms with Crippen molar-refractivity contribution in [2.75, 3.05) is 0 Å². The van der Waals surface area contributed by atoms with E-state index >= 15 is 0 Å². The molecule has 5 heteroatoms. The minimum Gasteiger partial charge on any atom is -0.457 e. The Balaban J connectivity index is 1.89. The molecule has 1 fully saturated rings. The Morgan fingerprint density at radius 3 is 2.81 bits per heavy atom. The Hall–Kier alpha value is -1.46. The molecule has 86 valence electrons. The Kier molecular flexibility index (Phi) is 3.17. The van der Waals surface area contributed by atoms with Crippen LogP contribution in [0.3, 0.4) is 0 Å². The summed E-state index contributed by atoms with van der Waals surface area (Å²) in [5.41, 5.74) is -0.197. The summed E-state index contributed by atoms with van der Waals surface area (Å²) in [4.78, 5) is 20.5. The van der Waals surface area contributed by atoms with Crippen LogP contribution in [-0.4, -0.2) is 16.6 Å². The first kappa shape index (κ1) is 11.0. The smallest absolute Gasteiger partial charge is 0.340 e. The second-order valence-electron chi connectivity index (χ2n) is 3.86. The van der Waals surface area contributed by atoms with Crippen molar-refractivity contribution in [3.05, 3.63) is 30.1 Å². The van der Waals surface area contributed by atoms with Gasteiger partial charge >= 0.3 is 5.97 Å². The summed E-state index contributed by atoms with van der Waals surface area (Å²) in [6.07, 6.45) is 3.85. The van der Waals surface area contributed by atoms with Crippen LogP contribution in [0.4, 0.5) is 0 Å². The zero-order chi connectivity index (χ0) is 11.4. The predicted molar refractivity (Wildman–Crippen MR) is 55.9 cm³/mol. The number of carbonyl (C=O) groups is 1. The second kappa shape index (κ2) is 4.59. The van der Waals surface area contributed by atoms with Gasteiger partial charge in [0.2, 0.25) is 0 Å². The minimum absolute atomic E-state index is 0.158. The third-order valence-corrected chi connectivity index (χ3v) is 2.84. The molecule has 2 N–H and O–H groups in total. The van der Waals surface area contributed by atoms with Gasteiger partial charge in [-0.05, 0) is 31.4 Å². The lowest BCUT2D eigenvalue weighted by molar-refractivity contribution is -0.187. The number of pyridine rings is 1. The van der Waals surface area contributed by atoms with E-state index in [1.165, 1.54) is 0 Å². The van der Waals surface area contributed by atoms with Gasteiger partial charge in [-0.2, -0.15) is 0 Å². The maximum absolute atomic E-state index is 11.7. The highest BCUT2D eigenvalue weighted by molar-refractivity contribution is 5.80. The number of hydrogen-bond donors (Lipinski definition) is 1. The van der Waals surface area contributed by atoms with Crippen LogP contribution >= 0.6 is 0 Å². The zero-order valence-electron chi connectivity index (χ0n) is 8.89. The van der Waals surface area contributed by atoms with Crippen LogP contribution in [0.2, 0.25) is 0 Å². The van der Waals surface area contributed by atoms with E-state index in [9.17, 15) is 4.79 Å². The van der Waals surface area contributed by atoms with E-state index in [4.69, 9.17) is 15.5 Å². The fourth-order valence-electron chi connectivity index (χ4n) is 1.62. The van der Waals surface area contributed by atoms with E-state index in [1.807, 2.05) is 12.1 Å². The average Bonchev–Trinajstić information content (AvgIpc) is 2.27. The molecule has 0 atom stereocenters. The zero-order valence-corrected chi connectivity index (χ0v) is 8.89. The first-order valence-electron chi connectivity index (χ1n) is 5.22. The number of aromatic nitrogens is 1. The van der Waals surface area contributed by atoms with E-state index in [1.54, 1.807) is 12.3 Å². The molecule has 0 saturated heterocycles. The number of rotatable bonds is 4. The summed E-state index contributed by atoms with van der Waals surface area (Å²) in [6, 6.07) is 5.44. The first-order chi connectivity index (χ1) is 7.77. The molecule has 0 unspecified atom stereocenters. The van der Waals surface area contributed by atoms with Gasteiger partial charge in [0.1, 0.15) is 6.61 Å².